The zero-order valence-corrected chi connectivity index (χ0v) is 19.6. The maximum atomic E-state index is 12.7. The van der Waals surface area contributed by atoms with Crippen molar-refractivity contribution in [3.05, 3.63) is 27.7 Å². The molecule has 1 rings (SSSR count). The Kier molecular flexibility index (Phi) is 8.31. The molecule has 7 nitrogen and oxygen atoms in total. The van der Waals surface area contributed by atoms with E-state index in [0.717, 1.165) is 12.8 Å². The van der Waals surface area contributed by atoms with Gasteiger partial charge in [0, 0.05) is 12.1 Å². The Morgan fingerprint density at radius 1 is 1.32 bits per heavy atom. The molecule has 1 heterocycles. The summed E-state index contributed by atoms with van der Waals surface area (Å²) >= 11 is 0. The maximum Gasteiger partial charge on any atom is 0.274 e. The minimum atomic E-state index is -2.04. The Balaban J connectivity index is 3.32. The number of amides is 1. The van der Waals surface area contributed by atoms with Gasteiger partial charge in [-0.1, -0.05) is 34.1 Å². The molecule has 3 N–H and O–H groups in total. The Morgan fingerprint density at radius 2 is 1.93 bits per heavy atom. The molecule has 0 aliphatic rings. The molecule has 0 aliphatic carbocycles. The lowest BCUT2D eigenvalue weighted by Gasteiger charge is -2.36. The highest BCUT2D eigenvalue weighted by molar-refractivity contribution is 6.74. The van der Waals surface area contributed by atoms with E-state index >= 15 is 0 Å². The number of rotatable bonds is 9. The Hall–Kier alpha value is -1.80. The predicted molar refractivity (Wildman–Crippen MR) is 116 cm³/mol. The Bertz CT molecular complexity index is 736. The molecule has 0 atom stereocenters. The molecule has 0 aromatic carbocycles. The van der Waals surface area contributed by atoms with E-state index < -0.39 is 14.2 Å². The standard InChI is InChI=1S/C20H37N3O4Si/c1-9-10-11-26-18-16(24)12-15(13-27-28(7,8)20(4,5)6)23(21)17(18)19(25)22-14(2)3/h12,14H,9-11,13,21H2,1-8H3,(H,22,25). The van der Waals surface area contributed by atoms with Crippen molar-refractivity contribution in [3.8, 4) is 5.75 Å². The minimum Gasteiger partial charge on any atom is -0.487 e. The number of nitrogens with two attached hydrogens (primary N) is 1. The van der Waals surface area contributed by atoms with Crippen LogP contribution in [0.5, 0.6) is 5.75 Å². The van der Waals surface area contributed by atoms with Crippen LogP contribution >= 0.6 is 0 Å². The zero-order valence-electron chi connectivity index (χ0n) is 18.6. The first kappa shape index (κ1) is 24.2. The molecular formula is C20H37N3O4Si. The van der Waals surface area contributed by atoms with E-state index in [1.165, 1.54) is 10.7 Å². The number of hydrogen-bond acceptors (Lipinski definition) is 5. The summed E-state index contributed by atoms with van der Waals surface area (Å²) in [6, 6.07) is 1.30. The summed E-state index contributed by atoms with van der Waals surface area (Å²) in [5.74, 6) is 5.80. The van der Waals surface area contributed by atoms with Crippen molar-refractivity contribution < 1.29 is 14.0 Å². The van der Waals surface area contributed by atoms with Gasteiger partial charge >= 0.3 is 0 Å². The fraction of sp³-hybridized carbons (Fsp3) is 0.700. The summed E-state index contributed by atoms with van der Waals surface area (Å²) in [5.41, 5.74) is 0.123. The quantitative estimate of drug-likeness (QED) is 0.369. The average molecular weight is 412 g/mol. The summed E-state index contributed by atoms with van der Waals surface area (Å²) < 4.78 is 13.1. The predicted octanol–water partition coefficient (Wildman–Crippen LogP) is 3.40. The largest absolute Gasteiger partial charge is 0.487 e. The van der Waals surface area contributed by atoms with Crippen molar-refractivity contribution in [1.29, 1.82) is 0 Å². The third kappa shape index (κ3) is 6.10. The van der Waals surface area contributed by atoms with Gasteiger partial charge in [0.15, 0.2) is 19.8 Å². The molecule has 0 fully saturated rings. The molecule has 0 aliphatic heterocycles. The van der Waals surface area contributed by atoms with Crippen LogP contribution < -0.4 is 21.3 Å². The van der Waals surface area contributed by atoms with E-state index in [4.69, 9.17) is 15.0 Å². The first-order valence-electron chi connectivity index (χ1n) is 9.93. The Labute approximate surface area is 169 Å². The number of aromatic nitrogens is 1. The molecule has 0 saturated heterocycles. The number of nitrogens with one attached hydrogen (secondary N) is 1. The zero-order chi connectivity index (χ0) is 21.7. The number of pyridine rings is 1. The molecule has 0 radical (unpaired) electrons. The van der Waals surface area contributed by atoms with E-state index in [9.17, 15) is 9.59 Å². The molecular weight excluding hydrogens is 374 g/mol. The minimum absolute atomic E-state index is 0.00910. The SMILES string of the molecule is CCCCOc1c(C(=O)NC(C)C)n(N)c(CO[Si](C)(C)C(C)(C)C)cc1=O. The maximum absolute atomic E-state index is 12.7. The molecule has 0 bridgehead atoms. The van der Waals surface area contributed by atoms with Gasteiger partial charge in [0.2, 0.25) is 5.43 Å². The smallest absolute Gasteiger partial charge is 0.274 e. The summed E-state index contributed by atoms with van der Waals surface area (Å²) in [4.78, 5) is 25.4. The number of ether oxygens (including phenoxy) is 1. The van der Waals surface area contributed by atoms with Gasteiger partial charge in [-0.05, 0) is 38.4 Å². The van der Waals surface area contributed by atoms with Crippen molar-refractivity contribution in [2.45, 2.75) is 85.2 Å². The average Bonchev–Trinajstić information content (AvgIpc) is 2.54. The highest BCUT2D eigenvalue weighted by Crippen LogP contribution is 2.37. The number of nitrogen functional groups attached to an aromatic ring is 1. The third-order valence-electron chi connectivity index (χ3n) is 5.05. The molecule has 1 aromatic rings. The van der Waals surface area contributed by atoms with Crippen LogP contribution in [-0.4, -0.2) is 31.5 Å². The summed E-state index contributed by atoms with van der Waals surface area (Å²) in [6.45, 7) is 16.9. The van der Waals surface area contributed by atoms with Gasteiger partial charge in [0.1, 0.15) is 0 Å². The van der Waals surface area contributed by atoms with Gasteiger partial charge in [-0.3, -0.25) is 14.3 Å². The first-order chi connectivity index (χ1) is 12.8. The van der Waals surface area contributed by atoms with Gasteiger partial charge < -0.3 is 20.3 Å². The van der Waals surface area contributed by atoms with Gasteiger partial charge in [0.25, 0.3) is 5.91 Å². The summed E-state index contributed by atoms with van der Waals surface area (Å²) in [7, 11) is -2.04. The van der Waals surface area contributed by atoms with E-state index in [1.807, 2.05) is 20.8 Å². The lowest BCUT2D eigenvalue weighted by molar-refractivity contribution is 0.0928. The van der Waals surface area contributed by atoms with Crippen LogP contribution in [-0.2, 0) is 11.0 Å². The van der Waals surface area contributed by atoms with Crippen molar-refractivity contribution >= 4 is 14.2 Å². The van der Waals surface area contributed by atoms with E-state index in [-0.39, 0.29) is 34.6 Å². The molecule has 1 aromatic heterocycles. The third-order valence-corrected chi connectivity index (χ3v) is 9.53. The second-order valence-electron chi connectivity index (χ2n) is 8.93. The molecule has 160 valence electrons. The number of hydrogen-bond donors (Lipinski definition) is 2. The van der Waals surface area contributed by atoms with Crippen LogP contribution in [0.3, 0.4) is 0 Å². The van der Waals surface area contributed by atoms with Gasteiger partial charge in [0.05, 0.1) is 18.9 Å². The van der Waals surface area contributed by atoms with Crippen molar-refractivity contribution in [3.63, 3.8) is 0 Å². The molecule has 0 unspecified atom stereocenters. The van der Waals surface area contributed by atoms with E-state index in [0.29, 0.717) is 12.3 Å². The van der Waals surface area contributed by atoms with Crippen LogP contribution in [0, 0.1) is 0 Å². The number of nitrogens with zero attached hydrogens (tertiary/aromatic N) is 1. The van der Waals surface area contributed by atoms with E-state index in [1.54, 1.807) is 0 Å². The molecule has 0 saturated carbocycles. The molecule has 8 heteroatoms. The number of carbonyl (C=O) groups excluding carboxylic acids is 1. The molecule has 28 heavy (non-hydrogen) atoms. The highest BCUT2D eigenvalue weighted by atomic mass is 28.4. The van der Waals surface area contributed by atoms with Gasteiger partial charge in [-0.15, -0.1) is 0 Å². The van der Waals surface area contributed by atoms with Crippen molar-refractivity contribution in [1.82, 2.24) is 9.99 Å². The Morgan fingerprint density at radius 3 is 2.43 bits per heavy atom. The van der Waals surface area contributed by atoms with Crippen LogP contribution in [0.25, 0.3) is 0 Å². The van der Waals surface area contributed by atoms with Crippen molar-refractivity contribution in [2.24, 2.45) is 0 Å². The number of unbranched alkanes of at least 4 members (excludes halogenated alkanes) is 1. The van der Waals surface area contributed by atoms with Crippen molar-refractivity contribution in [2.75, 3.05) is 12.4 Å². The first-order valence-corrected chi connectivity index (χ1v) is 12.8. The van der Waals surface area contributed by atoms with E-state index in [2.05, 4.69) is 39.2 Å². The summed E-state index contributed by atoms with van der Waals surface area (Å²) in [6.07, 6.45) is 1.70. The lowest BCUT2D eigenvalue weighted by Crippen LogP contribution is -2.42. The van der Waals surface area contributed by atoms with Crippen LogP contribution in [0.1, 0.15) is 70.6 Å². The van der Waals surface area contributed by atoms with Crippen LogP contribution in [0.4, 0.5) is 0 Å². The second kappa shape index (κ2) is 9.60. The monoisotopic (exact) mass is 411 g/mol. The van der Waals surface area contributed by atoms with Crippen LogP contribution in [0.15, 0.2) is 10.9 Å². The van der Waals surface area contributed by atoms with Crippen LogP contribution in [0.2, 0.25) is 18.1 Å². The lowest BCUT2D eigenvalue weighted by atomic mass is 10.2. The van der Waals surface area contributed by atoms with Gasteiger partial charge in [-0.2, -0.15) is 0 Å². The topological polar surface area (TPSA) is 95.6 Å². The fourth-order valence-electron chi connectivity index (χ4n) is 2.24. The fourth-order valence-corrected chi connectivity index (χ4v) is 3.18. The normalized spacial score (nSPS) is 12.3. The second-order valence-corrected chi connectivity index (χ2v) is 13.7. The molecule has 1 amide bonds. The number of carbonyl (C=O) groups is 1. The highest BCUT2D eigenvalue weighted by Gasteiger charge is 2.37. The van der Waals surface area contributed by atoms with Gasteiger partial charge in [-0.25, -0.2) is 0 Å². The molecule has 0 spiro atoms. The summed E-state index contributed by atoms with van der Waals surface area (Å²) in [5, 5.41) is 2.81.